The lowest BCUT2D eigenvalue weighted by Crippen LogP contribution is -2.21. The molecule has 0 aromatic carbocycles. The number of carbonyl (C=O) groups excluding carboxylic acids is 1. The Labute approximate surface area is 116 Å². The van der Waals surface area contributed by atoms with Gasteiger partial charge >= 0.3 is 0 Å². The van der Waals surface area contributed by atoms with Crippen LogP contribution >= 0.6 is 11.3 Å². The maximum atomic E-state index is 12.1. The lowest BCUT2D eigenvalue weighted by molar-refractivity contribution is 0.0831. The summed E-state index contributed by atoms with van der Waals surface area (Å²) in [6.07, 6.45) is 3.27. The van der Waals surface area contributed by atoms with Crippen molar-refractivity contribution in [2.75, 3.05) is 26.0 Å². The van der Waals surface area contributed by atoms with Crippen LogP contribution in [0, 0.1) is 6.92 Å². The number of nitrogens with one attached hydrogen (secondary N) is 1. The second-order valence-corrected chi connectivity index (χ2v) is 5.33. The third kappa shape index (κ3) is 2.44. The number of aryl methyl sites for hydroxylation is 1. The standard InChI is InChI=1S/C13H16N4OS/c1-5-6-14-11-9-8(2)10(13(18)17(3)4)19-12(9)16-7-15-11/h5,7H,1,6H2,2-4H3,(H,14,15,16). The molecule has 5 nitrogen and oxygen atoms in total. The van der Waals surface area contributed by atoms with Crippen molar-refractivity contribution in [1.82, 2.24) is 14.9 Å². The lowest BCUT2D eigenvalue weighted by atomic mass is 10.2. The van der Waals surface area contributed by atoms with Gasteiger partial charge in [-0.05, 0) is 12.5 Å². The van der Waals surface area contributed by atoms with E-state index in [2.05, 4.69) is 21.9 Å². The van der Waals surface area contributed by atoms with Crippen molar-refractivity contribution in [3.63, 3.8) is 0 Å². The highest BCUT2D eigenvalue weighted by Crippen LogP contribution is 2.33. The summed E-state index contributed by atoms with van der Waals surface area (Å²) in [7, 11) is 3.49. The van der Waals surface area contributed by atoms with E-state index < -0.39 is 0 Å². The molecule has 0 aliphatic rings. The van der Waals surface area contributed by atoms with Crippen LogP contribution in [0.5, 0.6) is 0 Å². The Morgan fingerprint density at radius 3 is 2.89 bits per heavy atom. The van der Waals surface area contributed by atoms with Gasteiger partial charge < -0.3 is 10.2 Å². The normalized spacial score (nSPS) is 10.5. The van der Waals surface area contributed by atoms with Crippen LogP contribution in [0.2, 0.25) is 0 Å². The molecule has 1 amide bonds. The van der Waals surface area contributed by atoms with Crippen LogP contribution < -0.4 is 5.32 Å². The van der Waals surface area contributed by atoms with Crippen LogP contribution in [0.25, 0.3) is 10.2 Å². The zero-order valence-electron chi connectivity index (χ0n) is 11.2. The number of hydrogen-bond acceptors (Lipinski definition) is 5. The van der Waals surface area contributed by atoms with E-state index in [1.807, 2.05) is 6.92 Å². The molecule has 0 aliphatic carbocycles. The van der Waals surface area contributed by atoms with Gasteiger partial charge in [0.15, 0.2) is 0 Å². The average Bonchev–Trinajstić information content (AvgIpc) is 2.73. The van der Waals surface area contributed by atoms with Gasteiger partial charge in [-0.25, -0.2) is 9.97 Å². The molecule has 0 saturated carbocycles. The van der Waals surface area contributed by atoms with Crippen LogP contribution in [0.4, 0.5) is 5.82 Å². The number of nitrogens with zero attached hydrogens (tertiary/aromatic N) is 3. The first-order valence-electron chi connectivity index (χ1n) is 5.86. The van der Waals surface area contributed by atoms with Crippen molar-refractivity contribution in [2.24, 2.45) is 0 Å². The average molecular weight is 276 g/mol. The molecule has 0 fully saturated rings. The molecular weight excluding hydrogens is 260 g/mol. The van der Waals surface area contributed by atoms with E-state index in [1.54, 1.807) is 25.1 Å². The van der Waals surface area contributed by atoms with Crippen LogP contribution in [0.15, 0.2) is 19.0 Å². The number of thiophene rings is 1. The number of hydrogen-bond donors (Lipinski definition) is 1. The van der Waals surface area contributed by atoms with E-state index in [4.69, 9.17) is 0 Å². The first-order valence-corrected chi connectivity index (χ1v) is 6.68. The highest BCUT2D eigenvalue weighted by molar-refractivity contribution is 7.20. The molecule has 0 aliphatic heterocycles. The summed E-state index contributed by atoms with van der Waals surface area (Å²) in [6, 6.07) is 0. The molecule has 0 bridgehead atoms. The van der Waals surface area contributed by atoms with Gasteiger partial charge in [0.2, 0.25) is 0 Å². The van der Waals surface area contributed by atoms with E-state index in [9.17, 15) is 4.79 Å². The molecule has 0 saturated heterocycles. The van der Waals surface area contributed by atoms with E-state index in [1.165, 1.54) is 17.7 Å². The molecular formula is C13H16N4OS. The summed E-state index contributed by atoms with van der Waals surface area (Å²) in [5.74, 6) is 0.742. The number of anilines is 1. The van der Waals surface area contributed by atoms with E-state index >= 15 is 0 Å². The number of fused-ring (bicyclic) bond motifs is 1. The predicted molar refractivity (Wildman–Crippen MR) is 78.9 cm³/mol. The molecule has 0 radical (unpaired) electrons. The quantitative estimate of drug-likeness (QED) is 0.871. The van der Waals surface area contributed by atoms with Crippen LogP contribution in [0.1, 0.15) is 15.2 Å². The molecule has 0 spiro atoms. The third-order valence-electron chi connectivity index (χ3n) is 2.74. The summed E-state index contributed by atoms with van der Waals surface area (Å²) in [5.41, 5.74) is 0.922. The summed E-state index contributed by atoms with van der Waals surface area (Å²) < 4.78 is 0. The van der Waals surface area contributed by atoms with Crippen molar-refractivity contribution in [3.8, 4) is 0 Å². The largest absolute Gasteiger partial charge is 0.366 e. The molecule has 1 N–H and O–H groups in total. The third-order valence-corrected chi connectivity index (χ3v) is 3.93. The summed E-state index contributed by atoms with van der Waals surface area (Å²) in [6.45, 7) is 6.22. The molecule has 6 heteroatoms. The minimum Gasteiger partial charge on any atom is -0.366 e. The highest BCUT2D eigenvalue weighted by Gasteiger charge is 2.20. The Morgan fingerprint density at radius 1 is 1.53 bits per heavy atom. The maximum absolute atomic E-state index is 12.1. The Bertz CT molecular complexity index is 633. The van der Waals surface area contributed by atoms with Gasteiger partial charge in [-0.15, -0.1) is 17.9 Å². The van der Waals surface area contributed by atoms with Gasteiger partial charge in [0, 0.05) is 20.6 Å². The molecule has 0 unspecified atom stereocenters. The summed E-state index contributed by atoms with van der Waals surface area (Å²) >= 11 is 1.40. The van der Waals surface area contributed by atoms with E-state index in [0.29, 0.717) is 11.4 Å². The van der Waals surface area contributed by atoms with Crippen molar-refractivity contribution in [1.29, 1.82) is 0 Å². The van der Waals surface area contributed by atoms with Gasteiger partial charge in [0.05, 0.1) is 10.3 Å². The fourth-order valence-corrected chi connectivity index (χ4v) is 2.95. The number of carbonyl (C=O) groups is 1. The molecule has 2 rings (SSSR count). The van der Waals surface area contributed by atoms with Crippen molar-refractivity contribution in [3.05, 3.63) is 29.4 Å². The molecule has 2 aromatic heterocycles. The number of aromatic nitrogens is 2. The van der Waals surface area contributed by atoms with E-state index in [-0.39, 0.29) is 5.91 Å². The first-order chi connectivity index (χ1) is 9.06. The zero-order valence-corrected chi connectivity index (χ0v) is 12.0. The monoisotopic (exact) mass is 276 g/mol. The van der Waals surface area contributed by atoms with E-state index in [0.717, 1.165) is 21.6 Å². The Kier molecular flexibility index (Phi) is 3.80. The SMILES string of the molecule is C=CCNc1ncnc2sc(C(=O)N(C)C)c(C)c12. The Hall–Kier alpha value is -1.95. The van der Waals surface area contributed by atoms with Gasteiger partial charge in [-0.3, -0.25) is 4.79 Å². The van der Waals surface area contributed by atoms with Crippen molar-refractivity contribution in [2.45, 2.75) is 6.92 Å². The Balaban J connectivity index is 2.57. The number of amides is 1. The van der Waals surface area contributed by atoms with Crippen LogP contribution in [-0.2, 0) is 0 Å². The summed E-state index contributed by atoms with van der Waals surface area (Å²) in [4.78, 5) is 23.7. The van der Waals surface area contributed by atoms with Crippen molar-refractivity contribution >= 4 is 33.3 Å². The predicted octanol–water partition coefficient (Wildman–Crippen LogP) is 2.30. The van der Waals surface area contributed by atoms with Crippen LogP contribution in [0.3, 0.4) is 0 Å². The molecule has 2 aromatic rings. The minimum atomic E-state index is -0.00447. The molecule has 19 heavy (non-hydrogen) atoms. The topological polar surface area (TPSA) is 58.1 Å². The van der Waals surface area contributed by atoms with Crippen molar-refractivity contribution < 1.29 is 4.79 Å². The van der Waals surface area contributed by atoms with Crippen LogP contribution in [-0.4, -0.2) is 41.4 Å². The Morgan fingerprint density at radius 2 is 2.26 bits per heavy atom. The minimum absolute atomic E-state index is 0.00447. The fourth-order valence-electron chi connectivity index (χ4n) is 1.78. The zero-order chi connectivity index (χ0) is 14.0. The van der Waals surface area contributed by atoms with Gasteiger partial charge in [0.1, 0.15) is 17.0 Å². The maximum Gasteiger partial charge on any atom is 0.263 e. The molecule has 0 atom stereocenters. The first kappa shape index (κ1) is 13.5. The van der Waals surface area contributed by atoms with Gasteiger partial charge in [-0.1, -0.05) is 6.08 Å². The molecule has 2 heterocycles. The smallest absolute Gasteiger partial charge is 0.263 e. The second kappa shape index (κ2) is 5.36. The van der Waals surface area contributed by atoms with Gasteiger partial charge in [0.25, 0.3) is 5.91 Å². The summed E-state index contributed by atoms with van der Waals surface area (Å²) in [5, 5.41) is 4.09. The highest BCUT2D eigenvalue weighted by atomic mass is 32.1. The molecule has 100 valence electrons. The number of rotatable bonds is 4. The van der Waals surface area contributed by atoms with Gasteiger partial charge in [-0.2, -0.15) is 0 Å². The lowest BCUT2D eigenvalue weighted by Gasteiger charge is -2.09. The second-order valence-electron chi connectivity index (χ2n) is 4.33. The fraction of sp³-hybridized carbons (Fsp3) is 0.308.